The van der Waals surface area contributed by atoms with E-state index in [2.05, 4.69) is 65.2 Å². The minimum atomic E-state index is -0.602. The zero-order chi connectivity index (χ0) is 49.6. The minimum absolute atomic E-state index is 0.0411. The minimum Gasteiger partial charge on any atom is -0.308 e. The topological polar surface area (TPSA) is 43.6 Å². The Morgan fingerprint density at radius 2 is 0.839 bits per heavy atom. The van der Waals surface area contributed by atoms with E-state index in [1.165, 1.54) is 6.92 Å². The molecule has 0 saturated carbocycles. The first-order valence-electron chi connectivity index (χ1n) is 25.4. The van der Waals surface area contributed by atoms with Crippen LogP contribution in [0.4, 0.5) is 0 Å². The summed E-state index contributed by atoms with van der Waals surface area (Å²) >= 11 is 0. The van der Waals surface area contributed by atoms with Crippen LogP contribution in [0, 0.1) is 6.92 Å². The highest BCUT2D eigenvalue weighted by Crippen LogP contribution is 2.43. The van der Waals surface area contributed by atoms with Crippen molar-refractivity contribution in [1.29, 1.82) is 0 Å². The molecule has 0 amide bonds. The highest BCUT2D eigenvalue weighted by Gasteiger charge is 2.22. The molecule has 62 heavy (non-hydrogen) atoms. The van der Waals surface area contributed by atoms with Gasteiger partial charge in [-0.15, -0.1) is 0 Å². The van der Waals surface area contributed by atoms with Crippen LogP contribution in [0.1, 0.15) is 19.3 Å². The van der Waals surface area contributed by atoms with Crippen molar-refractivity contribution in [3.8, 4) is 39.9 Å². The summed E-state index contributed by atoms with van der Waals surface area (Å²) in [6.45, 7) is 1.51. The summed E-state index contributed by atoms with van der Waals surface area (Å²) in [4.78, 5) is 15.5. The average Bonchev–Trinajstić information content (AvgIpc) is 3.75. The first-order chi connectivity index (χ1) is 34.8. The van der Waals surface area contributed by atoms with Crippen molar-refractivity contribution >= 4 is 86.4 Å². The maximum Gasteiger partial charge on any atom is 0.166 e. The third kappa shape index (κ3) is 5.17. The second kappa shape index (κ2) is 13.4. The molecule has 0 N–H and O–H groups in total. The third-order valence-corrected chi connectivity index (χ3v) is 12.0. The molecule has 288 valence electrons. The van der Waals surface area contributed by atoms with Crippen LogP contribution in [-0.2, 0) is 0 Å². The van der Waals surface area contributed by atoms with Crippen LogP contribution in [0.5, 0.6) is 0 Å². The molecule has 13 aromatic rings. The Kier molecular flexibility index (Phi) is 5.64. The summed E-state index contributed by atoms with van der Waals surface area (Å²) in [5.74, 6) is 0.317. The number of hydrogen-bond acceptors (Lipinski definition) is 3. The van der Waals surface area contributed by atoms with Gasteiger partial charge >= 0.3 is 0 Å². The Morgan fingerprint density at radius 3 is 1.47 bits per heavy atom. The van der Waals surface area contributed by atoms with E-state index < -0.39 is 36.3 Å². The van der Waals surface area contributed by atoms with E-state index in [0.717, 1.165) is 59.8 Å². The van der Waals surface area contributed by atoms with Crippen LogP contribution in [0.2, 0.25) is 0 Å². The lowest BCUT2D eigenvalue weighted by Gasteiger charge is -2.18. The van der Waals surface area contributed by atoms with Gasteiger partial charge in [0, 0.05) is 27.5 Å². The van der Waals surface area contributed by atoms with Crippen LogP contribution >= 0.6 is 0 Å². The van der Waals surface area contributed by atoms with Crippen molar-refractivity contribution in [2.45, 2.75) is 6.92 Å². The van der Waals surface area contributed by atoms with Gasteiger partial charge < -0.3 is 4.57 Å². The van der Waals surface area contributed by atoms with Crippen LogP contribution in [0.15, 0.2) is 200 Å². The maximum atomic E-state index is 10.2. The van der Waals surface area contributed by atoms with Crippen LogP contribution in [-0.4, -0.2) is 19.5 Å². The molecule has 4 nitrogen and oxygen atoms in total. The molecule has 0 spiro atoms. The lowest BCUT2D eigenvalue weighted by atomic mass is 9.92. The SMILES string of the molecule is [2H]c1c([2H])c([2H])c2c(c1[2H])c1c([2H])c([2H])c(C)c([2H])c1c1c([2H])c(-c3nc(-c4ccccc4)nc(-c4cc5c6ccccc6c6ccccc6c5cc4-n4c5ccccc5c5ccccc54)n3)c([2H])c([2H])c21. The Balaban J connectivity index is 1.22. The summed E-state index contributed by atoms with van der Waals surface area (Å²) in [6.07, 6.45) is 0. The Labute approximate surface area is 371 Å². The third-order valence-electron chi connectivity index (χ3n) is 12.0. The molecule has 11 aromatic carbocycles. The number of aromatic nitrogens is 4. The Bertz CT molecular complexity index is 4500. The van der Waals surface area contributed by atoms with Crippen molar-refractivity contribution in [3.05, 3.63) is 206 Å². The van der Waals surface area contributed by atoms with Gasteiger partial charge in [0.2, 0.25) is 0 Å². The van der Waals surface area contributed by atoms with E-state index in [1.807, 2.05) is 78.9 Å². The number of fused-ring (bicyclic) bond motifs is 15. The molecule has 0 fully saturated rings. The Hall–Kier alpha value is -8.21. The van der Waals surface area contributed by atoms with Crippen molar-refractivity contribution in [3.63, 3.8) is 0 Å². The largest absolute Gasteiger partial charge is 0.308 e. The molecule has 0 atom stereocenters. The van der Waals surface area contributed by atoms with Gasteiger partial charge in [-0.1, -0.05) is 175 Å². The van der Waals surface area contributed by atoms with Crippen molar-refractivity contribution < 1.29 is 13.7 Å². The zero-order valence-corrected chi connectivity index (χ0v) is 33.1. The van der Waals surface area contributed by atoms with Crippen LogP contribution < -0.4 is 0 Å². The van der Waals surface area contributed by atoms with Crippen LogP contribution in [0.25, 0.3) is 126 Å². The van der Waals surface area contributed by atoms with Gasteiger partial charge in [-0.3, -0.25) is 0 Å². The van der Waals surface area contributed by atoms with Gasteiger partial charge in [0.1, 0.15) is 0 Å². The molecule has 2 aromatic heterocycles. The number of benzene rings is 11. The van der Waals surface area contributed by atoms with Gasteiger partial charge in [-0.2, -0.15) is 0 Å². The fraction of sp³-hybridized carbons (Fsp3) is 0.0172. The summed E-state index contributed by atoms with van der Waals surface area (Å²) in [5, 5.41) is 7.54. The quantitative estimate of drug-likeness (QED) is 0.167. The van der Waals surface area contributed by atoms with Gasteiger partial charge in [-0.05, 0) is 102 Å². The number of nitrogens with zero attached hydrogens (tertiary/aromatic N) is 4. The highest BCUT2D eigenvalue weighted by atomic mass is 15.1. The molecule has 13 rings (SSSR count). The summed E-state index contributed by atoms with van der Waals surface area (Å²) in [7, 11) is 0. The van der Waals surface area contributed by atoms with Gasteiger partial charge in [0.15, 0.2) is 17.5 Å². The molecular weight excluding hydrogens is 753 g/mol. The lowest BCUT2D eigenvalue weighted by Crippen LogP contribution is -2.04. The lowest BCUT2D eigenvalue weighted by molar-refractivity contribution is 1.07. The van der Waals surface area contributed by atoms with Gasteiger partial charge in [0.25, 0.3) is 0 Å². The molecule has 0 aliphatic carbocycles. The molecule has 2 heterocycles. The second-order valence-electron chi connectivity index (χ2n) is 15.5. The normalized spacial score (nSPS) is 14.2. The summed E-state index contributed by atoms with van der Waals surface area (Å²) < 4.78 is 94.9. The summed E-state index contributed by atoms with van der Waals surface area (Å²) in [6, 6.07) is 42.1. The fourth-order valence-electron chi connectivity index (χ4n) is 9.27. The number of hydrogen-bond donors (Lipinski definition) is 0. The van der Waals surface area contributed by atoms with Crippen molar-refractivity contribution in [2.24, 2.45) is 0 Å². The predicted molar refractivity (Wildman–Crippen MR) is 260 cm³/mol. The monoisotopic (exact) mass is 798 g/mol. The van der Waals surface area contributed by atoms with E-state index in [4.69, 9.17) is 21.8 Å². The smallest absolute Gasteiger partial charge is 0.166 e. The molecule has 0 aliphatic heterocycles. The van der Waals surface area contributed by atoms with E-state index in [-0.39, 0.29) is 85.1 Å². The first-order valence-corrected chi connectivity index (χ1v) is 20.4. The van der Waals surface area contributed by atoms with E-state index in [9.17, 15) is 6.85 Å². The van der Waals surface area contributed by atoms with Crippen molar-refractivity contribution in [2.75, 3.05) is 0 Å². The second-order valence-corrected chi connectivity index (χ2v) is 15.5. The van der Waals surface area contributed by atoms with E-state index in [0.29, 0.717) is 11.1 Å². The summed E-state index contributed by atoms with van der Waals surface area (Å²) in [5.41, 5.74) is 3.80. The van der Waals surface area contributed by atoms with E-state index >= 15 is 0 Å². The molecule has 0 radical (unpaired) electrons. The first kappa shape index (κ1) is 26.1. The molecular formula is C58H36N4. The Morgan fingerprint density at radius 1 is 0.371 bits per heavy atom. The fourth-order valence-corrected chi connectivity index (χ4v) is 9.27. The number of rotatable bonds is 4. The highest BCUT2D eigenvalue weighted by molar-refractivity contribution is 6.27. The molecule has 0 saturated heterocycles. The molecule has 0 unspecified atom stereocenters. The van der Waals surface area contributed by atoms with E-state index in [1.54, 1.807) is 0 Å². The van der Waals surface area contributed by atoms with Crippen LogP contribution in [0.3, 0.4) is 0 Å². The molecule has 0 aliphatic rings. The molecule has 4 heteroatoms. The predicted octanol–water partition coefficient (Wildman–Crippen LogP) is 15.2. The standard InChI is InChI=1S/C58H36N4/c1-35-27-29-44-40-19-5-6-20-41(40)45-30-28-37(32-49(45)48(44)31-35)57-59-56(36-15-3-2-4-16-36)60-58(61-57)52-33-50-42-21-9-7-17-38(42)39-18-8-10-22-43(39)51(50)34-55(52)62-53-25-13-11-23-46(53)47-24-12-14-26-54(47)62/h2-34H,1H3/i5D,6D,19D,20D,27D,28D,29D,30D,31D,32D. The molecule has 0 bridgehead atoms. The van der Waals surface area contributed by atoms with Gasteiger partial charge in [0.05, 0.1) is 30.4 Å². The maximum absolute atomic E-state index is 10.2. The average molecular weight is 799 g/mol. The van der Waals surface area contributed by atoms with Crippen molar-refractivity contribution in [1.82, 2.24) is 19.5 Å². The van der Waals surface area contributed by atoms with Gasteiger partial charge in [-0.25, -0.2) is 15.0 Å². The zero-order valence-electron chi connectivity index (χ0n) is 43.1. The number of para-hydroxylation sites is 2.